The Bertz CT molecular complexity index is 1400. The van der Waals surface area contributed by atoms with Crippen molar-refractivity contribution >= 4 is 23.1 Å². The summed E-state index contributed by atoms with van der Waals surface area (Å²) in [5.74, 6) is 0.252. The number of halogens is 1. The fourth-order valence-electron chi connectivity index (χ4n) is 4.87. The van der Waals surface area contributed by atoms with E-state index < -0.39 is 18.2 Å². The number of aromatic hydroxyl groups is 1. The van der Waals surface area contributed by atoms with Crippen molar-refractivity contribution in [3.63, 3.8) is 0 Å². The summed E-state index contributed by atoms with van der Waals surface area (Å²) in [5, 5.41) is 22.0. The van der Waals surface area contributed by atoms with Gasteiger partial charge in [-0.15, -0.1) is 0 Å². The van der Waals surface area contributed by atoms with Crippen molar-refractivity contribution in [3.05, 3.63) is 114 Å². The molecule has 3 atom stereocenters. The number of nitrogens with zero attached hydrogens (tertiary/aromatic N) is 1. The first kappa shape index (κ1) is 25.7. The normalized spacial score (nSPS) is 17.8. The summed E-state index contributed by atoms with van der Waals surface area (Å²) < 4.78 is 24.8. The van der Waals surface area contributed by atoms with Crippen LogP contribution in [0.3, 0.4) is 0 Å². The lowest BCUT2D eigenvalue weighted by atomic mass is 9.93. The number of phenols is 1. The fraction of sp³-hybridized carbons (Fsp3) is 0.194. The zero-order chi connectivity index (χ0) is 26.6. The molecule has 0 bridgehead atoms. The van der Waals surface area contributed by atoms with Crippen LogP contribution in [0.5, 0.6) is 11.5 Å². The molecule has 4 aromatic carbocycles. The number of methoxy groups -OCH3 is 1. The van der Waals surface area contributed by atoms with Crippen molar-refractivity contribution < 1.29 is 24.1 Å². The minimum atomic E-state index is -0.794. The Morgan fingerprint density at radius 3 is 2.29 bits per heavy atom. The molecule has 0 aliphatic carbocycles. The highest BCUT2D eigenvalue weighted by Crippen LogP contribution is 2.44. The number of aliphatic hydroxyl groups is 1. The van der Waals surface area contributed by atoms with Crippen molar-refractivity contribution in [2.24, 2.45) is 0 Å². The average Bonchev–Trinajstić information content (AvgIpc) is 3.28. The van der Waals surface area contributed by atoms with E-state index in [1.807, 2.05) is 53.4 Å². The number of phenolic OH excluding ortho intramolecular Hbond substituents is 1. The first-order valence-corrected chi connectivity index (χ1v) is 12.8. The topological polar surface area (TPSA) is 62.2 Å². The fourth-order valence-corrected chi connectivity index (χ4v) is 5.21. The second-order valence-corrected chi connectivity index (χ2v) is 9.57. The zero-order valence-corrected chi connectivity index (χ0v) is 21.6. The van der Waals surface area contributed by atoms with Crippen molar-refractivity contribution in [1.82, 2.24) is 0 Å². The maximum absolute atomic E-state index is 13.3. The molecule has 194 valence electrons. The van der Waals surface area contributed by atoms with E-state index in [0.717, 1.165) is 16.8 Å². The van der Waals surface area contributed by atoms with E-state index >= 15 is 0 Å². The van der Waals surface area contributed by atoms with E-state index in [-0.39, 0.29) is 11.6 Å². The van der Waals surface area contributed by atoms with Crippen LogP contribution in [0.1, 0.15) is 36.1 Å². The van der Waals surface area contributed by atoms with E-state index in [4.69, 9.17) is 21.7 Å². The van der Waals surface area contributed by atoms with Crippen LogP contribution in [0, 0.1) is 5.82 Å². The number of ether oxygens (including phenoxy) is 2. The molecule has 0 spiro atoms. The van der Waals surface area contributed by atoms with Gasteiger partial charge >= 0.3 is 0 Å². The molecule has 7 heteroatoms. The van der Waals surface area contributed by atoms with Gasteiger partial charge in [-0.3, -0.25) is 4.90 Å². The number of aliphatic hydroxyl groups excluding tert-OH is 1. The Labute approximate surface area is 226 Å². The van der Waals surface area contributed by atoms with Crippen molar-refractivity contribution in [1.29, 1.82) is 0 Å². The van der Waals surface area contributed by atoms with E-state index in [9.17, 15) is 14.6 Å². The minimum absolute atomic E-state index is 0.0673. The lowest BCUT2D eigenvalue weighted by molar-refractivity contribution is 0.126. The third kappa shape index (κ3) is 5.35. The molecule has 0 amide bonds. The van der Waals surface area contributed by atoms with Gasteiger partial charge in [-0.1, -0.05) is 54.6 Å². The van der Waals surface area contributed by atoms with E-state index in [2.05, 4.69) is 12.1 Å². The van der Waals surface area contributed by atoms with Crippen LogP contribution in [-0.2, 0) is 4.74 Å². The predicted molar refractivity (Wildman–Crippen MR) is 150 cm³/mol. The molecule has 0 radical (unpaired) electrons. The van der Waals surface area contributed by atoms with Crippen molar-refractivity contribution in [2.45, 2.75) is 31.1 Å². The molecule has 1 aliphatic rings. The Morgan fingerprint density at radius 1 is 0.947 bits per heavy atom. The Morgan fingerprint density at radius 2 is 1.63 bits per heavy atom. The number of rotatable bonds is 8. The number of benzene rings is 4. The molecule has 2 N–H and O–H groups in total. The molecule has 1 saturated heterocycles. The monoisotopic (exact) mass is 529 g/mol. The maximum Gasteiger partial charge on any atom is 0.264 e. The molecule has 1 heterocycles. The maximum atomic E-state index is 13.3. The third-order valence-electron chi connectivity index (χ3n) is 6.87. The summed E-state index contributed by atoms with van der Waals surface area (Å²) in [7, 11) is 1.54. The second kappa shape index (κ2) is 11.2. The van der Waals surface area contributed by atoms with Gasteiger partial charge < -0.3 is 19.7 Å². The summed E-state index contributed by atoms with van der Waals surface area (Å²) in [6, 6.07) is 28.7. The van der Waals surface area contributed by atoms with Gasteiger partial charge in [-0.05, 0) is 78.1 Å². The van der Waals surface area contributed by atoms with Crippen LogP contribution in [0.15, 0.2) is 97.1 Å². The summed E-state index contributed by atoms with van der Waals surface area (Å²) in [6.45, 7) is 0. The highest BCUT2D eigenvalue weighted by molar-refractivity contribution is 7.80. The van der Waals surface area contributed by atoms with Gasteiger partial charge in [0.25, 0.3) is 5.17 Å². The number of thiocarbonyl (C=S) groups is 1. The van der Waals surface area contributed by atoms with E-state index in [1.165, 1.54) is 12.1 Å². The molecule has 1 fully saturated rings. The first-order chi connectivity index (χ1) is 18.4. The molecule has 5 rings (SSSR count). The molecule has 38 heavy (non-hydrogen) atoms. The van der Waals surface area contributed by atoms with Gasteiger partial charge in [0.15, 0.2) is 0 Å². The number of hydrogen-bond donors (Lipinski definition) is 2. The molecule has 4 aromatic rings. The van der Waals surface area contributed by atoms with Crippen molar-refractivity contribution in [3.8, 4) is 22.6 Å². The minimum Gasteiger partial charge on any atom is -0.507 e. The van der Waals surface area contributed by atoms with Gasteiger partial charge in [0.1, 0.15) is 29.5 Å². The quantitative estimate of drug-likeness (QED) is 0.241. The molecule has 0 saturated carbocycles. The van der Waals surface area contributed by atoms with Crippen LogP contribution in [0.25, 0.3) is 11.1 Å². The van der Waals surface area contributed by atoms with Gasteiger partial charge in [-0.25, -0.2) is 4.39 Å². The van der Waals surface area contributed by atoms with Gasteiger partial charge in [0, 0.05) is 17.3 Å². The molecule has 0 aromatic heterocycles. The van der Waals surface area contributed by atoms with Gasteiger partial charge in [0.05, 0.1) is 13.2 Å². The lowest BCUT2D eigenvalue weighted by Crippen LogP contribution is -2.29. The molecular weight excluding hydrogens is 501 g/mol. The number of anilines is 1. The number of hydrogen-bond acceptors (Lipinski definition) is 5. The Balaban J connectivity index is 1.45. The van der Waals surface area contributed by atoms with Gasteiger partial charge in [0.2, 0.25) is 0 Å². The SMILES string of the molecule is COc1ccc([C@@H]2[C@@H](CCC(O)c3ccc(F)cc3)OC(=S)N2c2ccc(-c3ccccc3)cc2)c(O)c1. The summed E-state index contributed by atoms with van der Waals surface area (Å²) >= 11 is 5.68. The van der Waals surface area contributed by atoms with E-state index in [1.54, 1.807) is 31.4 Å². The smallest absolute Gasteiger partial charge is 0.264 e. The Kier molecular flexibility index (Phi) is 7.58. The molecule has 1 aliphatic heterocycles. The predicted octanol–water partition coefficient (Wildman–Crippen LogP) is 6.95. The first-order valence-electron chi connectivity index (χ1n) is 12.4. The molecular formula is C31H28FNO4S. The summed E-state index contributed by atoms with van der Waals surface area (Å²) in [6.07, 6.45) is -0.414. The van der Waals surface area contributed by atoms with Crippen LogP contribution in [0.4, 0.5) is 10.1 Å². The zero-order valence-electron chi connectivity index (χ0n) is 20.8. The van der Waals surface area contributed by atoms with Crippen LogP contribution < -0.4 is 9.64 Å². The van der Waals surface area contributed by atoms with Crippen molar-refractivity contribution in [2.75, 3.05) is 12.0 Å². The lowest BCUT2D eigenvalue weighted by Gasteiger charge is -2.27. The Hall–Kier alpha value is -3.94. The van der Waals surface area contributed by atoms with Crippen LogP contribution in [0.2, 0.25) is 0 Å². The molecule has 5 nitrogen and oxygen atoms in total. The van der Waals surface area contributed by atoms with E-state index in [0.29, 0.717) is 34.9 Å². The largest absolute Gasteiger partial charge is 0.507 e. The summed E-state index contributed by atoms with van der Waals surface area (Å²) in [5.41, 5.74) is 4.28. The highest BCUT2D eigenvalue weighted by atomic mass is 32.1. The average molecular weight is 530 g/mol. The van der Waals surface area contributed by atoms with Crippen LogP contribution in [-0.4, -0.2) is 28.6 Å². The second-order valence-electron chi connectivity index (χ2n) is 9.22. The molecule has 1 unspecified atom stereocenters. The highest BCUT2D eigenvalue weighted by Gasteiger charge is 2.42. The van der Waals surface area contributed by atoms with Gasteiger partial charge in [-0.2, -0.15) is 0 Å². The standard InChI is InChI=1S/C31H28FNO4S/c1-36-25-15-16-26(28(35)19-25)30-29(18-17-27(34)22-7-11-23(32)12-8-22)37-31(38)33(30)24-13-9-21(10-14-24)20-5-3-2-4-6-20/h2-16,19,27,29-30,34-35H,17-18H2,1H3/t27?,29-,30-/m1/s1. The van der Waals surface area contributed by atoms with Crippen LogP contribution >= 0.6 is 12.2 Å². The summed E-state index contributed by atoms with van der Waals surface area (Å²) in [4.78, 5) is 1.90. The third-order valence-corrected chi connectivity index (χ3v) is 7.16.